The smallest absolute Gasteiger partial charge is 0.119 e. The number of anilines is 1. The molecule has 1 N–H and O–H groups in total. The van der Waals surface area contributed by atoms with Gasteiger partial charge in [0, 0.05) is 30.5 Å². The summed E-state index contributed by atoms with van der Waals surface area (Å²) < 4.78 is 5.36. The minimum Gasteiger partial charge on any atom is -0.508 e. The van der Waals surface area contributed by atoms with Gasteiger partial charge in [-0.2, -0.15) is 0 Å². The molecule has 0 spiro atoms. The molecule has 130 valence electrons. The van der Waals surface area contributed by atoms with E-state index in [1.165, 1.54) is 16.6 Å². The third-order valence-corrected chi connectivity index (χ3v) is 6.42. The lowest BCUT2D eigenvalue weighted by Gasteiger charge is -2.32. The first-order valence-corrected chi connectivity index (χ1v) is 9.24. The number of nitrogens with zero attached hydrogens (tertiary/aromatic N) is 1. The van der Waals surface area contributed by atoms with E-state index in [0.29, 0.717) is 14.3 Å². The Morgan fingerprint density at radius 2 is 1.88 bits per heavy atom. The van der Waals surface area contributed by atoms with E-state index in [-0.39, 0.29) is 5.16 Å². The molecule has 0 aliphatic carbocycles. The Morgan fingerprint density at radius 3 is 2.46 bits per heavy atom. The molecule has 0 radical (unpaired) electrons. The number of aryl methyl sites for hydroxylation is 1. The lowest BCUT2D eigenvalue weighted by Crippen LogP contribution is -2.23. The van der Waals surface area contributed by atoms with E-state index in [2.05, 4.69) is 58.0 Å². The van der Waals surface area contributed by atoms with E-state index in [1.807, 2.05) is 6.07 Å². The molecule has 4 heteroatoms. The molecule has 0 bridgehead atoms. The summed E-state index contributed by atoms with van der Waals surface area (Å²) in [6, 6.07) is 12.1. The van der Waals surface area contributed by atoms with Crippen molar-refractivity contribution >= 4 is 19.6 Å². The lowest BCUT2D eigenvalue weighted by molar-refractivity contribution is 0.408. The van der Waals surface area contributed by atoms with Crippen LogP contribution in [0, 0.1) is 6.92 Å². The molecule has 3 nitrogen and oxygen atoms in total. The van der Waals surface area contributed by atoms with Crippen molar-refractivity contribution < 1.29 is 9.84 Å². The molecule has 2 atom stereocenters. The van der Waals surface area contributed by atoms with Gasteiger partial charge in [-0.05, 0) is 48.5 Å². The molecule has 0 fully saturated rings. The van der Waals surface area contributed by atoms with Crippen LogP contribution in [0.5, 0.6) is 11.5 Å². The van der Waals surface area contributed by atoms with Crippen molar-refractivity contribution in [1.82, 2.24) is 0 Å². The molecule has 0 aliphatic heterocycles. The molecule has 0 aliphatic rings. The van der Waals surface area contributed by atoms with E-state index in [9.17, 15) is 5.11 Å². The highest BCUT2D eigenvalue weighted by molar-refractivity contribution is 7.49. The predicted octanol–water partition coefficient (Wildman–Crippen LogP) is 4.40. The largest absolute Gasteiger partial charge is 0.508 e. The number of phenolic OH excluding ortho intramolecular Hbond substituents is 1. The van der Waals surface area contributed by atoms with Crippen LogP contribution in [0.25, 0.3) is 0 Å². The average Bonchev–Trinajstić information content (AvgIpc) is 2.56. The number of aromatic hydroxyl groups is 1. The van der Waals surface area contributed by atoms with Crippen molar-refractivity contribution in [2.75, 3.05) is 26.1 Å². The summed E-state index contributed by atoms with van der Waals surface area (Å²) in [5, 5.41) is 11.6. The zero-order chi connectivity index (χ0) is 17.9. The first-order valence-electron chi connectivity index (χ1n) is 8.24. The molecular formula is C20H28NO2P. The number of ether oxygens (including phenoxy) is 1. The van der Waals surface area contributed by atoms with Crippen molar-refractivity contribution in [1.29, 1.82) is 0 Å². The van der Waals surface area contributed by atoms with Gasteiger partial charge in [-0.15, -0.1) is 0 Å². The van der Waals surface area contributed by atoms with E-state index >= 15 is 0 Å². The van der Waals surface area contributed by atoms with E-state index < -0.39 is 0 Å². The Kier molecular flexibility index (Phi) is 5.77. The Bertz CT molecular complexity index is 715. The summed E-state index contributed by atoms with van der Waals surface area (Å²) in [5.41, 5.74) is 3.46. The Hall–Kier alpha value is -1.73. The normalized spacial score (nSPS) is 13.9. The highest BCUT2D eigenvalue weighted by Crippen LogP contribution is 2.48. The van der Waals surface area contributed by atoms with E-state index in [1.54, 1.807) is 19.2 Å². The first-order chi connectivity index (χ1) is 11.3. The lowest BCUT2D eigenvalue weighted by atomic mass is 9.96. The molecule has 2 aromatic rings. The van der Waals surface area contributed by atoms with Gasteiger partial charge in [0.05, 0.1) is 7.11 Å². The van der Waals surface area contributed by atoms with Crippen molar-refractivity contribution in [3.05, 3.63) is 47.5 Å². The average molecular weight is 345 g/mol. The van der Waals surface area contributed by atoms with Gasteiger partial charge < -0.3 is 14.7 Å². The predicted molar refractivity (Wildman–Crippen MR) is 106 cm³/mol. The van der Waals surface area contributed by atoms with Crippen molar-refractivity contribution in [3.63, 3.8) is 0 Å². The molecule has 1 unspecified atom stereocenters. The number of hydrogen-bond donors (Lipinski definition) is 1. The van der Waals surface area contributed by atoms with Crippen molar-refractivity contribution in [3.8, 4) is 11.5 Å². The van der Waals surface area contributed by atoms with E-state index in [0.717, 1.165) is 17.7 Å². The molecule has 0 amide bonds. The summed E-state index contributed by atoms with van der Waals surface area (Å²) in [4.78, 5) is 2.16. The van der Waals surface area contributed by atoms with Gasteiger partial charge in [0.2, 0.25) is 0 Å². The number of phenols is 1. The van der Waals surface area contributed by atoms with Crippen LogP contribution in [0.3, 0.4) is 0 Å². The maximum Gasteiger partial charge on any atom is 0.119 e. The van der Waals surface area contributed by atoms with Gasteiger partial charge in [0.25, 0.3) is 0 Å². The molecule has 0 saturated heterocycles. The third kappa shape index (κ3) is 3.84. The number of hydrogen-bond acceptors (Lipinski definition) is 3. The highest BCUT2D eigenvalue weighted by Gasteiger charge is 2.29. The summed E-state index contributed by atoms with van der Waals surface area (Å²) in [7, 11) is 6.37. The SMILES string of the molecule is CC[C@](C)(Pc1ccc(C)cc1N(C)C)c1cc(OC)ccc1O. The van der Waals surface area contributed by atoms with Gasteiger partial charge in [0.15, 0.2) is 0 Å². The molecule has 2 rings (SSSR count). The van der Waals surface area contributed by atoms with E-state index in [4.69, 9.17) is 4.74 Å². The van der Waals surface area contributed by atoms with Crippen LogP contribution in [-0.2, 0) is 5.16 Å². The third-order valence-electron chi connectivity index (χ3n) is 4.55. The summed E-state index contributed by atoms with van der Waals surface area (Å²) in [6.07, 6.45) is 0.937. The summed E-state index contributed by atoms with van der Waals surface area (Å²) in [6.45, 7) is 6.52. The van der Waals surface area contributed by atoms with Crippen LogP contribution in [0.1, 0.15) is 31.4 Å². The second-order valence-corrected chi connectivity index (χ2v) is 8.50. The second-order valence-electron chi connectivity index (χ2n) is 6.61. The highest BCUT2D eigenvalue weighted by atomic mass is 31.1. The Balaban J connectivity index is 2.49. The maximum atomic E-state index is 10.4. The molecule has 0 heterocycles. The Labute approximate surface area is 147 Å². The minimum absolute atomic E-state index is 0.140. The van der Waals surface area contributed by atoms with Crippen LogP contribution < -0.4 is 14.9 Å². The van der Waals surface area contributed by atoms with Crippen LogP contribution >= 0.6 is 8.58 Å². The van der Waals surface area contributed by atoms with Crippen molar-refractivity contribution in [2.24, 2.45) is 0 Å². The fourth-order valence-corrected chi connectivity index (χ4v) is 4.54. The van der Waals surface area contributed by atoms with Crippen LogP contribution in [-0.4, -0.2) is 26.3 Å². The summed E-state index contributed by atoms with van der Waals surface area (Å²) in [5.74, 6) is 1.12. The molecule has 0 aromatic heterocycles. The zero-order valence-electron chi connectivity index (χ0n) is 15.5. The molecular weight excluding hydrogens is 317 g/mol. The topological polar surface area (TPSA) is 32.7 Å². The fourth-order valence-electron chi connectivity index (χ4n) is 2.84. The molecule has 0 saturated carbocycles. The maximum absolute atomic E-state index is 10.4. The van der Waals surface area contributed by atoms with Crippen molar-refractivity contribution in [2.45, 2.75) is 32.3 Å². The van der Waals surface area contributed by atoms with Gasteiger partial charge >= 0.3 is 0 Å². The molecule has 24 heavy (non-hydrogen) atoms. The number of methoxy groups -OCH3 is 1. The van der Waals surface area contributed by atoms with Gasteiger partial charge in [-0.1, -0.05) is 34.6 Å². The number of benzene rings is 2. The quantitative estimate of drug-likeness (QED) is 0.788. The Morgan fingerprint density at radius 1 is 1.17 bits per heavy atom. The van der Waals surface area contributed by atoms with Crippen LogP contribution in [0.2, 0.25) is 0 Å². The van der Waals surface area contributed by atoms with Crippen LogP contribution in [0.4, 0.5) is 5.69 Å². The van der Waals surface area contributed by atoms with Gasteiger partial charge in [-0.25, -0.2) is 0 Å². The van der Waals surface area contributed by atoms with Gasteiger partial charge in [0.1, 0.15) is 11.5 Å². The standard InChI is InChI=1S/C20H28NO2P/c1-7-20(3,16-13-15(23-6)9-10-18(16)22)24-19-11-8-14(2)12-17(19)21(4)5/h8-13,22,24H,7H2,1-6H3/t20-/m0/s1. The second kappa shape index (κ2) is 7.44. The molecule has 2 aromatic carbocycles. The summed E-state index contributed by atoms with van der Waals surface area (Å²) >= 11 is 0. The zero-order valence-corrected chi connectivity index (χ0v) is 16.5. The first kappa shape index (κ1) is 18.6. The number of rotatable bonds is 6. The fraction of sp³-hybridized carbons (Fsp3) is 0.400. The monoisotopic (exact) mass is 345 g/mol. The minimum atomic E-state index is -0.140. The van der Waals surface area contributed by atoms with Gasteiger partial charge in [-0.3, -0.25) is 0 Å². The van der Waals surface area contributed by atoms with Crippen LogP contribution in [0.15, 0.2) is 36.4 Å².